The number of carbonyl (C=O) groups excluding carboxylic acids is 2. The average Bonchev–Trinajstić information content (AvgIpc) is 3.08. The van der Waals surface area contributed by atoms with Crippen molar-refractivity contribution in [3.05, 3.63) is 34.7 Å². The van der Waals surface area contributed by atoms with Crippen molar-refractivity contribution < 1.29 is 18.7 Å². The molecule has 0 saturated carbocycles. The zero-order chi connectivity index (χ0) is 15.2. The molecule has 2 aromatic heterocycles. The molecule has 8 heteroatoms. The maximum Gasteiger partial charge on any atom is 0.311 e. The zero-order valence-electron chi connectivity index (χ0n) is 11.4. The molecule has 0 aliphatic rings. The van der Waals surface area contributed by atoms with E-state index < -0.39 is 0 Å². The van der Waals surface area contributed by atoms with Gasteiger partial charge in [0.1, 0.15) is 12.0 Å². The lowest BCUT2D eigenvalue weighted by Crippen LogP contribution is -2.11. The number of thiazole rings is 1. The first-order valence-electron chi connectivity index (χ1n) is 6.31. The second-order valence-electron chi connectivity index (χ2n) is 4.09. The smallest absolute Gasteiger partial charge is 0.311 e. The van der Waals surface area contributed by atoms with E-state index in [9.17, 15) is 9.59 Å². The molecule has 3 N–H and O–H groups in total. The maximum atomic E-state index is 11.9. The molecule has 0 atom stereocenters. The van der Waals surface area contributed by atoms with Crippen LogP contribution in [0.4, 0.5) is 5.13 Å². The van der Waals surface area contributed by atoms with Crippen LogP contribution in [0, 0.1) is 0 Å². The van der Waals surface area contributed by atoms with E-state index in [1.165, 1.54) is 17.6 Å². The highest BCUT2D eigenvalue weighted by Gasteiger charge is 2.13. The molecule has 2 heterocycles. The van der Waals surface area contributed by atoms with E-state index in [0.717, 1.165) is 0 Å². The Kier molecular flexibility index (Phi) is 5.07. The van der Waals surface area contributed by atoms with Crippen LogP contribution in [0.2, 0.25) is 0 Å². The lowest BCUT2D eigenvalue weighted by molar-refractivity contribution is -0.142. The number of esters is 1. The van der Waals surface area contributed by atoms with Crippen molar-refractivity contribution in [1.82, 2.24) is 4.98 Å². The Morgan fingerprint density at radius 3 is 3.00 bits per heavy atom. The molecule has 0 radical (unpaired) electrons. The Labute approximate surface area is 125 Å². The van der Waals surface area contributed by atoms with Gasteiger partial charge in [0.15, 0.2) is 5.13 Å². The van der Waals surface area contributed by atoms with Crippen LogP contribution in [0.5, 0.6) is 0 Å². The van der Waals surface area contributed by atoms with Crippen LogP contribution in [-0.2, 0) is 22.5 Å². The van der Waals surface area contributed by atoms with Gasteiger partial charge >= 0.3 is 5.97 Å². The van der Waals surface area contributed by atoms with Crippen LogP contribution in [-0.4, -0.2) is 23.5 Å². The first-order valence-corrected chi connectivity index (χ1v) is 7.19. The number of nitrogens with one attached hydrogen (secondary N) is 1. The van der Waals surface area contributed by atoms with Gasteiger partial charge in [-0.2, -0.15) is 0 Å². The summed E-state index contributed by atoms with van der Waals surface area (Å²) in [5.74, 6) is -0.152. The predicted molar refractivity (Wildman–Crippen MR) is 77.0 cm³/mol. The second-order valence-corrected chi connectivity index (χ2v) is 4.94. The Morgan fingerprint density at radius 1 is 1.52 bits per heavy atom. The number of rotatable bonds is 6. The minimum atomic E-state index is -0.344. The van der Waals surface area contributed by atoms with Crippen LogP contribution in [0.15, 0.2) is 22.1 Å². The quantitative estimate of drug-likeness (QED) is 0.784. The largest absolute Gasteiger partial charge is 0.467 e. The number of ether oxygens (including phenoxy) is 1. The monoisotopic (exact) mass is 309 g/mol. The third kappa shape index (κ3) is 4.14. The number of hydrogen-bond acceptors (Lipinski definition) is 7. The highest BCUT2D eigenvalue weighted by atomic mass is 32.1. The van der Waals surface area contributed by atoms with Gasteiger partial charge in [-0.25, -0.2) is 4.98 Å². The van der Waals surface area contributed by atoms with Gasteiger partial charge in [0.25, 0.3) is 5.91 Å². The molecule has 0 aromatic carbocycles. The van der Waals surface area contributed by atoms with Gasteiger partial charge in [-0.15, -0.1) is 11.3 Å². The summed E-state index contributed by atoms with van der Waals surface area (Å²) in [4.78, 5) is 27.4. The highest BCUT2D eigenvalue weighted by Crippen LogP contribution is 2.18. The van der Waals surface area contributed by atoms with E-state index in [0.29, 0.717) is 28.8 Å². The molecule has 0 fully saturated rings. The van der Waals surface area contributed by atoms with Crippen molar-refractivity contribution in [2.24, 2.45) is 5.73 Å². The molecule has 2 aromatic rings. The normalized spacial score (nSPS) is 10.4. The average molecular weight is 309 g/mol. The number of nitrogens with zero attached hydrogens (tertiary/aromatic N) is 1. The number of nitrogens with two attached hydrogens (primary N) is 1. The van der Waals surface area contributed by atoms with Crippen molar-refractivity contribution in [2.45, 2.75) is 19.9 Å². The molecule has 1 amide bonds. The van der Waals surface area contributed by atoms with Crippen molar-refractivity contribution in [3.63, 3.8) is 0 Å². The van der Waals surface area contributed by atoms with Crippen molar-refractivity contribution in [1.29, 1.82) is 0 Å². The van der Waals surface area contributed by atoms with E-state index in [2.05, 4.69) is 10.3 Å². The third-order valence-corrected chi connectivity index (χ3v) is 3.33. The number of amides is 1. The second kappa shape index (κ2) is 7.00. The first-order chi connectivity index (χ1) is 10.1. The lowest BCUT2D eigenvalue weighted by atomic mass is 10.3. The molecule has 0 saturated heterocycles. The summed E-state index contributed by atoms with van der Waals surface area (Å²) in [6, 6.07) is 1.57. The molecule has 0 unspecified atom stereocenters. The first kappa shape index (κ1) is 15.2. The summed E-state index contributed by atoms with van der Waals surface area (Å²) < 4.78 is 9.93. The summed E-state index contributed by atoms with van der Waals surface area (Å²) in [6.07, 6.45) is 1.42. The van der Waals surface area contributed by atoms with Crippen LogP contribution in [0.1, 0.15) is 28.7 Å². The minimum absolute atomic E-state index is 0.0866. The maximum absolute atomic E-state index is 11.9. The fourth-order valence-electron chi connectivity index (χ4n) is 1.58. The fraction of sp³-hybridized carbons (Fsp3) is 0.308. The summed E-state index contributed by atoms with van der Waals surface area (Å²) in [7, 11) is 0. The standard InChI is InChI=1S/C13H15N3O4S/c1-2-19-11(17)4-9-7-21-13(15-9)16-12(18)8-3-10(5-14)20-6-8/h3,6-7H,2,4-5,14H2,1H3,(H,15,16,18). The van der Waals surface area contributed by atoms with Gasteiger partial charge < -0.3 is 14.9 Å². The summed E-state index contributed by atoms with van der Waals surface area (Å²) in [5, 5.41) is 4.75. The van der Waals surface area contributed by atoms with Gasteiger partial charge in [-0.3, -0.25) is 14.9 Å². The molecular formula is C13H15N3O4S. The number of furan rings is 1. The Balaban J connectivity index is 1.95. The van der Waals surface area contributed by atoms with E-state index >= 15 is 0 Å². The number of carbonyl (C=O) groups is 2. The zero-order valence-corrected chi connectivity index (χ0v) is 12.2. The van der Waals surface area contributed by atoms with E-state index in [1.54, 1.807) is 18.4 Å². The van der Waals surface area contributed by atoms with Gasteiger partial charge in [0.2, 0.25) is 0 Å². The number of hydrogen-bond donors (Lipinski definition) is 2. The van der Waals surface area contributed by atoms with Gasteiger partial charge in [-0.1, -0.05) is 0 Å². The van der Waals surface area contributed by atoms with E-state index in [-0.39, 0.29) is 24.8 Å². The fourth-order valence-corrected chi connectivity index (χ4v) is 2.29. The number of aromatic nitrogens is 1. The van der Waals surface area contributed by atoms with Crippen LogP contribution in [0.25, 0.3) is 0 Å². The molecule has 0 spiro atoms. The van der Waals surface area contributed by atoms with Crippen LogP contribution < -0.4 is 11.1 Å². The minimum Gasteiger partial charge on any atom is -0.467 e. The summed E-state index contributed by atoms with van der Waals surface area (Å²) >= 11 is 1.24. The predicted octanol–water partition coefficient (Wildman–Crippen LogP) is 1.55. The van der Waals surface area contributed by atoms with Crippen LogP contribution in [0.3, 0.4) is 0 Å². The van der Waals surface area contributed by atoms with E-state index in [4.69, 9.17) is 14.9 Å². The number of anilines is 1. The lowest BCUT2D eigenvalue weighted by Gasteiger charge is -1.99. The van der Waals surface area contributed by atoms with Crippen LogP contribution >= 0.6 is 11.3 Å². The Morgan fingerprint density at radius 2 is 2.33 bits per heavy atom. The molecule has 21 heavy (non-hydrogen) atoms. The Hall–Kier alpha value is -2.19. The molecule has 0 aliphatic carbocycles. The molecule has 7 nitrogen and oxygen atoms in total. The van der Waals surface area contributed by atoms with Gasteiger partial charge in [-0.05, 0) is 13.0 Å². The topological polar surface area (TPSA) is 107 Å². The molecule has 0 aliphatic heterocycles. The molecule has 112 valence electrons. The van der Waals surface area contributed by atoms with E-state index in [1.807, 2.05) is 0 Å². The van der Waals surface area contributed by atoms with Gasteiger partial charge in [0, 0.05) is 5.38 Å². The van der Waals surface area contributed by atoms with Crippen molar-refractivity contribution in [2.75, 3.05) is 11.9 Å². The molecule has 0 bridgehead atoms. The summed E-state index contributed by atoms with van der Waals surface area (Å²) in [5.41, 5.74) is 6.34. The third-order valence-electron chi connectivity index (χ3n) is 2.52. The van der Waals surface area contributed by atoms with Crippen molar-refractivity contribution in [3.8, 4) is 0 Å². The Bertz CT molecular complexity index is 635. The SMILES string of the molecule is CCOC(=O)Cc1csc(NC(=O)c2coc(CN)c2)n1. The molecular weight excluding hydrogens is 294 g/mol. The van der Waals surface area contributed by atoms with Gasteiger partial charge in [0.05, 0.1) is 30.8 Å². The highest BCUT2D eigenvalue weighted by molar-refractivity contribution is 7.14. The molecule has 2 rings (SSSR count). The summed E-state index contributed by atoms with van der Waals surface area (Å²) in [6.45, 7) is 2.30. The van der Waals surface area contributed by atoms with Crippen molar-refractivity contribution >= 4 is 28.3 Å².